The molecule has 4 rings (SSSR count). The summed E-state index contributed by atoms with van der Waals surface area (Å²) >= 11 is 0. The maximum Gasteiger partial charge on any atom is 0.356 e. The first-order valence-electron chi connectivity index (χ1n) is 11.5. The number of amides is 1. The maximum atomic E-state index is 12.9. The Morgan fingerprint density at radius 3 is 2.69 bits per heavy atom. The lowest BCUT2D eigenvalue weighted by molar-refractivity contribution is 0.0589. The Morgan fingerprint density at radius 2 is 2.06 bits per heavy atom. The van der Waals surface area contributed by atoms with Gasteiger partial charge >= 0.3 is 5.97 Å². The minimum absolute atomic E-state index is 0.137. The number of nitrogens with zero attached hydrogens (tertiary/aromatic N) is 4. The van der Waals surface area contributed by atoms with Crippen molar-refractivity contribution >= 4 is 34.3 Å². The fourth-order valence-electron chi connectivity index (χ4n) is 3.86. The summed E-state index contributed by atoms with van der Waals surface area (Å²) in [7, 11) is 3.22. The van der Waals surface area contributed by atoms with Gasteiger partial charge in [0, 0.05) is 36.8 Å². The van der Waals surface area contributed by atoms with Crippen LogP contribution in [0.5, 0.6) is 0 Å². The number of hydrogen-bond donors (Lipinski definition) is 2. The molecule has 0 aromatic carbocycles. The summed E-state index contributed by atoms with van der Waals surface area (Å²) in [4.78, 5) is 30.4. The SMILES string of the molecule is COC(=O)c1c(NC(=O)c2ccco2)c2cc(NCc3cnn(C)c3C)cnc2n1CCC(C)C. The summed E-state index contributed by atoms with van der Waals surface area (Å²) in [6, 6.07) is 5.07. The summed E-state index contributed by atoms with van der Waals surface area (Å²) in [5.41, 5.74) is 4.03. The van der Waals surface area contributed by atoms with Gasteiger partial charge in [0.25, 0.3) is 5.91 Å². The van der Waals surface area contributed by atoms with Crippen LogP contribution in [0.2, 0.25) is 0 Å². The number of carbonyl (C=O) groups excluding carboxylic acids is 2. The van der Waals surface area contributed by atoms with Crippen molar-refractivity contribution in [1.82, 2.24) is 19.3 Å². The third-order valence-corrected chi connectivity index (χ3v) is 6.01. The molecule has 0 unspecified atom stereocenters. The van der Waals surface area contributed by atoms with Gasteiger partial charge in [0.1, 0.15) is 5.65 Å². The molecule has 0 aliphatic rings. The highest BCUT2D eigenvalue weighted by Gasteiger charge is 2.27. The van der Waals surface area contributed by atoms with Crippen molar-refractivity contribution in [2.45, 2.75) is 40.3 Å². The molecule has 0 bridgehead atoms. The van der Waals surface area contributed by atoms with E-state index in [1.807, 2.05) is 35.5 Å². The van der Waals surface area contributed by atoms with Crippen LogP contribution in [-0.4, -0.2) is 38.3 Å². The fraction of sp³-hybridized carbons (Fsp3) is 0.360. The number of ether oxygens (including phenoxy) is 1. The van der Waals surface area contributed by atoms with Gasteiger partial charge in [-0.05, 0) is 37.5 Å². The van der Waals surface area contributed by atoms with Crippen LogP contribution in [0.3, 0.4) is 0 Å². The Kier molecular flexibility index (Phi) is 6.90. The van der Waals surface area contributed by atoms with E-state index < -0.39 is 11.9 Å². The van der Waals surface area contributed by atoms with E-state index in [-0.39, 0.29) is 11.5 Å². The molecule has 0 radical (unpaired) electrons. The quantitative estimate of drug-likeness (QED) is 0.343. The molecule has 0 atom stereocenters. The van der Waals surface area contributed by atoms with Crippen LogP contribution < -0.4 is 10.6 Å². The molecule has 0 aliphatic carbocycles. The summed E-state index contributed by atoms with van der Waals surface area (Å²) in [5, 5.41) is 11.1. The number of rotatable bonds is 9. The second-order valence-corrected chi connectivity index (χ2v) is 8.81. The van der Waals surface area contributed by atoms with E-state index in [1.165, 1.54) is 13.4 Å². The smallest absolute Gasteiger partial charge is 0.356 e. The van der Waals surface area contributed by atoms with E-state index in [2.05, 4.69) is 34.6 Å². The first-order valence-corrected chi connectivity index (χ1v) is 11.5. The summed E-state index contributed by atoms with van der Waals surface area (Å²) in [6.45, 7) is 7.33. The molecule has 10 nitrogen and oxygen atoms in total. The van der Waals surface area contributed by atoms with Gasteiger partial charge in [-0.25, -0.2) is 9.78 Å². The van der Waals surface area contributed by atoms with Crippen LogP contribution in [0, 0.1) is 12.8 Å². The lowest BCUT2D eigenvalue weighted by Crippen LogP contribution is -2.17. The van der Waals surface area contributed by atoms with Crippen molar-refractivity contribution in [3.05, 3.63) is 59.6 Å². The zero-order chi connectivity index (χ0) is 25.1. The predicted molar refractivity (Wildman–Crippen MR) is 132 cm³/mol. The molecule has 2 N–H and O–H groups in total. The lowest BCUT2D eigenvalue weighted by atomic mass is 10.1. The van der Waals surface area contributed by atoms with Crippen LogP contribution in [0.1, 0.15) is 52.6 Å². The Balaban J connectivity index is 1.78. The number of pyridine rings is 1. The predicted octanol–water partition coefficient (Wildman–Crippen LogP) is 4.37. The Bertz CT molecular complexity index is 1350. The molecule has 10 heteroatoms. The normalized spacial score (nSPS) is 11.3. The van der Waals surface area contributed by atoms with Crippen LogP contribution in [0.25, 0.3) is 11.0 Å². The van der Waals surface area contributed by atoms with Gasteiger partial charge in [-0.1, -0.05) is 13.8 Å². The molecule has 0 saturated heterocycles. The molecule has 4 aromatic heterocycles. The minimum atomic E-state index is -0.554. The molecule has 1 amide bonds. The van der Waals surface area contributed by atoms with Gasteiger partial charge in [0.05, 0.1) is 37.1 Å². The summed E-state index contributed by atoms with van der Waals surface area (Å²) in [5.74, 6) is -0.477. The second-order valence-electron chi connectivity index (χ2n) is 8.81. The molecule has 35 heavy (non-hydrogen) atoms. The van der Waals surface area contributed by atoms with Crippen LogP contribution >= 0.6 is 0 Å². The molecule has 0 saturated carbocycles. The van der Waals surface area contributed by atoms with Crippen molar-refractivity contribution in [1.29, 1.82) is 0 Å². The average Bonchev–Trinajstić information content (AvgIpc) is 3.56. The van der Waals surface area contributed by atoms with Gasteiger partial charge < -0.3 is 24.4 Å². The van der Waals surface area contributed by atoms with Crippen molar-refractivity contribution in [3.8, 4) is 0 Å². The lowest BCUT2D eigenvalue weighted by Gasteiger charge is -2.12. The van der Waals surface area contributed by atoms with E-state index >= 15 is 0 Å². The molecular weight excluding hydrogens is 448 g/mol. The topological polar surface area (TPSA) is 116 Å². The number of aryl methyl sites for hydroxylation is 2. The van der Waals surface area contributed by atoms with Crippen molar-refractivity contribution in [3.63, 3.8) is 0 Å². The first kappa shape index (κ1) is 24.1. The van der Waals surface area contributed by atoms with Crippen LogP contribution in [0.15, 0.2) is 41.3 Å². The number of esters is 1. The van der Waals surface area contributed by atoms with E-state index in [0.29, 0.717) is 35.7 Å². The zero-order valence-corrected chi connectivity index (χ0v) is 20.6. The average molecular weight is 479 g/mol. The number of aromatic nitrogens is 4. The monoisotopic (exact) mass is 478 g/mol. The van der Waals surface area contributed by atoms with Crippen molar-refractivity contribution in [2.75, 3.05) is 17.7 Å². The van der Waals surface area contributed by atoms with Gasteiger partial charge in [-0.3, -0.25) is 9.48 Å². The Labute approximate surface area is 203 Å². The molecule has 0 spiro atoms. The number of methoxy groups -OCH3 is 1. The third kappa shape index (κ3) is 4.91. The zero-order valence-electron chi connectivity index (χ0n) is 20.6. The maximum absolute atomic E-state index is 12.9. The van der Waals surface area contributed by atoms with Crippen LogP contribution in [-0.2, 0) is 24.9 Å². The molecule has 0 fully saturated rings. The summed E-state index contributed by atoms with van der Waals surface area (Å²) < 4.78 is 14.0. The summed E-state index contributed by atoms with van der Waals surface area (Å²) in [6.07, 6.45) is 5.79. The third-order valence-electron chi connectivity index (χ3n) is 6.01. The van der Waals surface area contributed by atoms with Gasteiger partial charge in [0.15, 0.2) is 11.5 Å². The highest BCUT2D eigenvalue weighted by molar-refractivity contribution is 6.14. The van der Waals surface area contributed by atoms with Crippen molar-refractivity contribution < 1.29 is 18.7 Å². The Hall–Kier alpha value is -4.08. The molecule has 4 heterocycles. The molecule has 0 aliphatic heterocycles. The standard InChI is InChI=1S/C25H30N6O4/c1-15(2)8-9-31-22(25(33)34-5)21(29-24(32)20-7-6-10-35-20)19-11-18(14-27-23(19)31)26-12-17-13-28-30(4)16(17)3/h6-7,10-11,13-15,26H,8-9,12H2,1-5H3,(H,29,32). The number of hydrogen-bond acceptors (Lipinski definition) is 7. The minimum Gasteiger partial charge on any atom is -0.464 e. The number of furan rings is 1. The van der Waals surface area contributed by atoms with Crippen molar-refractivity contribution in [2.24, 2.45) is 13.0 Å². The largest absolute Gasteiger partial charge is 0.464 e. The van der Waals surface area contributed by atoms with E-state index in [1.54, 1.807) is 18.3 Å². The molecule has 184 valence electrons. The number of anilines is 2. The van der Waals surface area contributed by atoms with E-state index in [0.717, 1.165) is 23.4 Å². The van der Waals surface area contributed by atoms with Gasteiger partial charge in [0.2, 0.25) is 0 Å². The van der Waals surface area contributed by atoms with E-state index in [9.17, 15) is 9.59 Å². The number of fused-ring (bicyclic) bond motifs is 1. The highest BCUT2D eigenvalue weighted by Crippen LogP contribution is 2.33. The molecular formula is C25H30N6O4. The van der Waals surface area contributed by atoms with Gasteiger partial charge in [-0.15, -0.1) is 0 Å². The van der Waals surface area contributed by atoms with Crippen LogP contribution in [0.4, 0.5) is 11.4 Å². The second kappa shape index (κ2) is 10.0. The Morgan fingerprint density at radius 1 is 1.26 bits per heavy atom. The number of nitrogens with one attached hydrogen (secondary N) is 2. The first-order chi connectivity index (χ1) is 16.8. The van der Waals surface area contributed by atoms with Gasteiger partial charge in [-0.2, -0.15) is 5.10 Å². The highest BCUT2D eigenvalue weighted by atomic mass is 16.5. The number of carbonyl (C=O) groups is 2. The molecule has 4 aromatic rings. The van der Waals surface area contributed by atoms with E-state index in [4.69, 9.17) is 9.15 Å². The fourth-order valence-corrected chi connectivity index (χ4v) is 3.86.